The molecule has 1 saturated carbocycles. The molecular formula is C16H24F2N2. The Morgan fingerprint density at radius 2 is 1.95 bits per heavy atom. The summed E-state index contributed by atoms with van der Waals surface area (Å²) in [6.07, 6.45) is 5.28. The number of likely N-dealkylation sites (N-methyl/N-ethyl adjacent to an activating group) is 1. The van der Waals surface area contributed by atoms with E-state index in [1.807, 2.05) is 6.92 Å². The molecule has 0 aliphatic heterocycles. The summed E-state index contributed by atoms with van der Waals surface area (Å²) in [7, 11) is 2.17. The minimum atomic E-state index is -0.790. The highest BCUT2D eigenvalue weighted by atomic mass is 19.2. The number of hydrogen-bond donors (Lipinski definition) is 1. The van der Waals surface area contributed by atoms with E-state index in [1.54, 1.807) is 6.07 Å². The molecule has 4 heteroatoms. The van der Waals surface area contributed by atoms with Gasteiger partial charge in [0.05, 0.1) is 0 Å². The van der Waals surface area contributed by atoms with Crippen LogP contribution in [0.15, 0.2) is 18.2 Å². The van der Waals surface area contributed by atoms with Crippen LogP contribution in [0.5, 0.6) is 0 Å². The molecule has 1 unspecified atom stereocenters. The lowest BCUT2D eigenvalue weighted by Crippen LogP contribution is -2.36. The third-order valence-corrected chi connectivity index (χ3v) is 4.31. The Bertz CT molecular complexity index is 430. The third-order valence-electron chi connectivity index (χ3n) is 4.31. The summed E-state index contributed by atoms with van der Waals surface area (Å²) >= 11 is 0. The summed E-state index contributed by atoms with van der Waals surface area (Å²) in [4.78, 5) is 2.40. The van der Waals surface area contributed by atoms with Gasteiger partial charge in [-0.3, -0.25) is 0 Å². The standard InChI is InChI=1S/C16H24F2N2/c1-12(13-7-8-15(17)16(18)11-13)19-9-10-20(2)14-5-3-4-6-14/h7-8,11-12,14,19H,3-6,9-10H2,1-2H3. The van der Waals surface area contributed by atoms with Crippen molar-refractivity contribution >= 4 is 0 Å². The van der Waals surface area contributed by atoms with Gasteiger partial charge < -0.3 is 10.2 Å². The van der Waals surface area contributed by atoms with Crippen molar-refractivity contribution in [1.82, 2.24) is 10.2 Å². The average molecular weight is 282 g/mol. The molecule has 0 radical (unpaired) electrons. The largest absolute Gasteiger partial charge is 0.309 e. The number of rotatable bonds is 6. The van der Waals surface area contributed by atoms with Crippen molar-refractivity contribution in [3.05, 3.63) is 35.4 Å². The number of nitrogens with zero attached hydrogens (tertiary/aromatic N) is 1. The molecule has 20 heavy (non-hydrogen) atoms. The summed E-state index contributed by atoms with van der Waals surface area (Å²) in [5.74, 6) is -1.57. The number of halogens is 2. The Morgan fingerprint density at radius 1 is 1.25 bits per heavy atom. The predicted octanol–water partition coefficient (Wildman–Crippen LogP) is 3.49. The van der Waals surface area contributed by atoms with Crippen molar-refractivity contribution in [2.45, 2.75) is 44.7 Å². The van der Waals surface area contributed by atoms with Gasteiger partial charge in [0.25, 0.3) is 0 Å². The zero-order chi connectivity index (χ0) is 14.5. The molecule has 0 heterocycles. The highest BCUT2D eigenvalue weighted by Gasteiger charge is 2.19. The molecular weight excluding hydrogens is 258 g/mol. The molecule has 2 nitrogen and oxygen atoms in total. The molecule has 1 aromatic rings. The lowest BCUT2D eigenvalue weighted by molar-refractivity contribution is 0.243. The van der Waals surface area contributed by atoms with E-state index in [9.17, 15) is 8.78 Å². The topological polar surface area (TPSA) is 15.3 Å². The van der Waals surface area contributed by atoms with E-state index >= 15 is 0 Å². The number of nitrogens with one attached hydrogen (secondary N) is 1. The normalized spacial score (nSPS) is 17.9. The maximum absolute atomic E-state index is 13.2. The van der Waals surface area contributed by atoms with Gasteiger partial charge >= 0.3 is 0 Å². The zero-order valence-corrected chi connectivity index (χ0v) is 12.3. The van der Waals surface area contributed by atoms with Gasteiger partial charge in [-0.05, 0) is 44.5 Å². The van der Waals surface area contributed by atoms with E-state index in [2.05, 4.69) is 17.3 Å². The van der Waals surface area contributed by atoms with Gasteiger partial charge in [-0.25, -0.2) is 8.78 Å². The molecule has 0 saturated heterocycles. The van der Waals surface area contributed by atoms with Crippen LogP contribution in [0.3, 0.4) is 0 Å². The summed E-state index contributed by atoms with van der Waals surface area (Å²) < 4.78 is 26.1. The molecule has 0 spiro atoms. The fourth-order valence-electron chi connectivity index (χ4n) is 2.88. The highest BCUT2D eigenvalue weighted by Crippen LogP contribution is 2.22. The molecule has 0 aromatic heterocycles. The molecule has 1 aliphatic rings. The van der Waals surface area contributed by atoms with Gasteiger partial charge in [-0.1, -0.05) is 18.9 Å². The Balaban J connectivity index is 1.76. The molecule has 112 valence electrons. The second-order valence-corrected chi connectivity index (χ2v) is 5.77. The summed E-state index contributed by atoms with van der Waals surface area (Å²) in [5, 5.41) is 3.37. The molecule has 0 bridgehead atoms. The Hall–Kier alpha value is -1.00. The summed E-state index contributed by atoms with van der Waals surface area (Å²) in [6.45, 7) is 3.81. The van der Waals surface area contributed by atoms with Crippen LogP contribution in [0.1, 0.15) is 44.2 Å². The highest BCUT2D eigenvalue weighted by molar-refractivity contribution is 5.20. The van der Waals surface area contributed by atoms with E-state index in [4.69, 9.17) is 0 Å². The molecule has 1 atom stereocenters. The molecule has 1 N–H and O–H groups in total. The molecule has 2 rings (SSSR count). The van der Waals surface area contributed by atoms with Crippen LogP contribution >= 0.6 is 0 Å². The van der Waals surface area contributed by atoms with Gasteiger partial charge in [0.2, 0.25) is 0 Å². The van der Waals surface area contributed by atoms with Gasteiger partial charge in [0.15, 0.2) is 11.6 Å². The van der Waals surface area contributed by atoms with Crippen molar-refractivity contribution in [3.63, 3.8) is 0 Å². The van der Waals surface area contributed by atoms with Crippen LogP contribution in [-0.2, 0) is 0 Å². The maximum Gasteiger partial charge on any atom is 0.159 e. The number of hydrogen-bond acceptors (Lipinski definition) is 2. The van der Waals surface area contributed by atoms with Crippen molar-refractivity contribution in [1.29, 1.82) is 0 Å². The van der Waals surface area contributed by atoms with Gasteiger partial charge in [-0.15, -0.1) is 0 Å². The first-order valence-electron chi connectivity index (χ1n) is 7.46. The van der Waals surface area contributed by atoms with Crippen molar-refractivity contribution < 1.29 is 8.78 Å². The van der Waals surface area contributed by atoms with Crippen LogP contribution in [0.25, 0.3) is 0 Å². The van der Waals surface area contributed by atoms with E-state index in [0.29, 0.717) is 0 Å². The smallest absolute Gasteiger partial charge is 0.159 e. The quantitative estimate of drug-likeness (QED) is 0.859. The summed E-state index contributed by atoms with van der Waals surface area (Å²) in [6, 6.07) is 4.84. The van der Waals surface area contributed by atoms with Crippen LogP contribution in [0, 0.1) is 11.6 Å². The van der Waals surface area contributed by atoms with E-state index in [-0.39, 0.29) is 6.04 Å². The van der Waals surface area contributed by atoms with E-state index in [0.717, 1.165) is 24.7 Å². The van der Waals surface area contributed by atoms with Crippen LogP contribution in [0.2, 0.25) is 0 Å². The zero-order valence-electron chi connectivity index (χ0n) is 12.3. The van der Waals surface area contributed by atoms with Gasteiger partial charge in [0.1, 0.15) is 0 Å². The van der Waals surface area contributed by atoms with Crippen molar-refractivity contribution in [3.8, 4) is 0 Å². The Labute approximate surface area is 120 Å². The van der Waals surface area contributed by atoms with Crippen LogP contribution in [-0.4, -0.2) is 31.1 Å². The van der Waals surface area contributed by atoms with Crippen LogP contribution in [0.4, 0.5) is 8.78 Å². The average Bonchev–Trinajstić information content (AvgIpc) is 2.95. The number of benzene rings is 1. The molecule has 0 amide bonds. The second kappa shape index (κ2) is 7.14. The lowest BCUT2D eigenvalue weighted by Gasteiger charge is -2.25. The van der Waals surface area contributed by atoms with E-state index < -0.39 is 11.6 Å². The fourth-order valence-corrected chi connectivity index (χ4v) is 2.88. The Morgan fingerprint density at radius 3 is 2.60 bits per heavy atom. The maximum atomic E-state index is 13.2. The molecule has 1 fully saturated rings. The fraction of sp³-hybridized carbons (Fsp3) is 0.625. The first-order chi connectivity index (χ1) is 9.58. The van der Waals surface area contributed by atoms with Crippen molar-refractivity contribution in [2.24, 2.45) is 0 Å². The van der Waals surface area contributed by atoms with Crippen molar-refractivity contribution in [2.75, 3.05) is 20.1 Å². The lowest BCUT2D eigenvalue weighted by atomic mass is 10.1. The summed E-state index contributed by atoms with van der Waals surface area (Å²) in [5.41, 5.74) is 0.785. The minimum absolute atomic E-state index is 0.0297. The Kier molecular flexibility index (Phi) is 5.49. The first kappa shape index (κ1) is 15.4. The van der Waals surface area contributed by atoms with Crippen LogP contribution < -0.4 is 5.32 Å². The van der Waals surface area contributed by atoms with Gasteiger partial charge in [-0.2, -0.15) is 0 Å². The monoisotopic (exact) mass is 282 g/mol. The minimum Gasteiger partial charge on any atom is -0.309 e. The SMILES string of the molecule is CC(NCCN(C)C1CCCC1)c1ccc(F)c(F)c1. The first-order valence-corrected chi connectivity index (χ1v) is 7.46. The predicted molar refractivity (Wildman–Crippen MR) is 77.7 cm³/mol. The third kappa shape index (κ3) is 4.00. The second-order valence-electron chi connectivity index (χ2n) is 5.77. The molecule has 1 aliphatic carbocycles. The van der Waals surface area contributed by atoms with E-state index in [1.165, 1.54) is 37.8 Å². The van der Waals surface area contributed by atoms with Gasteiger partial charge in [0, 0.05) is 25.2 Å². The molecule has 1 aromatic carbocycles.